The van der Waals surface area contributed by atoms with Gasteiger partial charge in [0, 0.05) is 25.3 Å². The highest BCUT2D eigenvalue weighted by Gasteiger charge is 2.31. The molecule has 4 rings (SSSR count). The number of pyridine rings is 1. The van der Waals surface area contributed by atoms with Gasteiger partial charge < -0.3 is 25.0 Å². The van der Waals surface area contributed by atoms with Crippen molar-refractivity contribution < 1.29 is 14.6 Å². The van der Waals surface area contributed by atoms with Gasteiger partial charge in [-0.25, -0.2) is 4.79 Å². The van der Waals surface area contributed by atoms with E-state index in [2.05, 4.69) is 4.90 Å². The Hall–Kier alpha value is -2.25. The van der Waals surface area contributed by atoms with Crippen LogP contribution in [0.5, 0.6) is 5.75 Å². The van der Waals surface area contributed by atoms with Crippen molar-refractivity contribution >= 4 is 35.0 Å². The predicted molar refractivity (Wildman–Crippen MR) is 111 cm³/mol. The molecule has 0 bridgehead atoms. The Morgan fingerprint density at radius 2 is 2.07 bits per heavy atom. The van der Waals surface area contributed by atoms with Crippen LogP contribution in [0.3, 0.4) is 0 Å². The van der Waals surface area contributed by atoms with E-state index in [1.54, 1.807) is 13.2 Å². The van der Waals surface area contributed by atoms with Gasteiger partial charge in [0.1, 0.15) is 5.56 Å². The lowest BCUT2D eigenvalue weighted by molar-refractivity contribution is 0.0695. The molecule has 7 nitrogen and oxygen atoms in total. The summed E-state index contributed by atoms with van der Waals surface area (Å²) in [5.74, 6) is 0.0285. The number of halogens is 1. The van der Waals surface area contributed by atoms with Crippen molar-refractivity contribution in [3.63, 3.8) is 0 Å². The second-order valence-electron chi connectivity index (χ2n) is 7.51. The van der Waals surface area contributed by atoms with Crippen LogP contribution in [-0.2, 0) is 0 Å². The van der Waals surface area contributed by atoms with E-state index in [0.717, 1.165) is 44.5 Å². The molecule has 1 aromatic carbocycles. The zero-order chi connectivity index (χ0) is 19.1. The van der Waals surface area contributed by atoms with Crippen molar-refractivity contribution in [2.75, 3.05) is 31.6 Å². The molecule has 152 valence electrons. The molecule has 8 heteroatoms. The number of benzene rings is 1. The van der Waals surface area contributed by atoms with Crippen LogP contribution < -0.4 is 20.8 Å². The number of carboxylic acid groups (broad SMARTS) is 1. The van der Waals surface area contributed by atoms with Gasteiger partial charge in [0.2, 0.25) is 5.43 Å². The Kier molecular flexibility index (Phi) is 5.86. The minimum absolute atomic E-state index is 0. The Morgan fingerprint density at radius 1 is 1.32 bits per heavy atom. The highest BCUT2D eigenvalue weighted by Crippen LogP contribution is 2.43. The van der Waals surface area contributed by atoms with Gasteiger partial charge in [-0.1, -0.05) is 0 Å². The lowest BCUT2D eigenvalue weighted by Crippen LogP contribution is -2.23. The molecule has 1 saturated heterocycles. The maximum Gasteiger partial charge on any atom is 0.341 e. The molecular weight excluding hydrogens is 382 g/mol. The van der Waals surface area contributed by atoms with E-state index in [4.69, 9.17) is 10.5 Å². The van der Waals surface area contributed by atoms with Gasteiger partial charge in [0.05, 0.1) is 23.7 Å². The molecular formula is C20H26ClN3O4. The van der Waals surface area contributed by atoms with Crippen LogP contribution in [0.4, 0.5) is 5.69 Å². The normalized spacial score (nSPS) is 18.9. The van der Waals surface area contributed by atoms with Gasteiger partial charge in [-0.05, 0) is 50.3 Å². The number of ether oxygens (including phenoxy) is 1. The van der Waals surface area contributed by atoms with Gasteiger partial charge in [-0.15, -0.1) is 12.4 Å². The number of carbonyl (C=O) groups is 1. The molecule has 3 N–H and O–H groups in total. The standard InChI is InChI=1S/C20H25N3O4.ClH/c1-27-19-16(22-9-7-12(10-22)6-8-21)5-4-14-17(19)23(13-2-3-13)11-15(18(14)24)20(25)26;/h4-5,11-13H,2-3,6-10,21H2,1H3,(H,25,26);1H. The summed E-state index contributed by atoms with van der Waals surface area (Å²) in [5.41, 5.74) is 6.73. The molecule has 1 aliphatic heterocycles. The smallest absolute Gasteiger partial charge is 0.341 e. The van der Waals surface area contributed by atoms with Crippen molar-refractivity contribution in [1.82, 2.24) is 4.57 Å². The highest BCUT2D eigenvalue weighted by molar-refractivity contribution is 5.97. The van der Waals surface area contributed by atoms with E-state index in [-0.39, 0.29) is 24.0 Å². The van der Waals surface area contributed by atoms with Crippen LogP contribution in [0.1, 0.15) is 42.1 Å². The minimum atomic E-state index is -1.19. The van der Waals surface area contributed by atoms with Crippen molar-refractivity contribution in [3.8, 4) is 5.75 Å². The summed E-state index contributed by atoms with van der Waals surface area (Å²) >= 11 is 0. The lowest BCUT2D eigenvalue weighted by Gasteiger charge is -2.24. The summed E-state index contributed by atoms with van der Waals surface area (Å²) < 4.78 is 7.69. The first-order valence-electron chi connectivity index (χ1n) is 9.49. The summed E-state index contributed by atoms with van der Waals surface area (Å²) in [6.07, 6.45) is 5.53. The first kappa shape index (κ1) is 20.5. The number of hydrogen-bond donors (Lipinski definition) is 2. The number of carboxylic acids is 1. The number of nitrogens with zero attached hydrogens (tertiary/aromatic N) is 2. The van der Waals surface area contributed by atoms with Gasteiger partial charge in [-0.2, -0.15) is 0 Å². The molecule has 1 saturated carbocycles. The Bertz CT molecular complexity index is 955. The maximum atomic E-state index is 12.7. The molecule has 1 aliphatic carbocycles. The van der Waals surface area contributed by atoms with Crippen LogP contribution in [0.25, 0.3) is 10.9 Å². The number of anilines is 1. The second kappa shape index (κ2) is 8.01. The topological polar surface area (TPSA) is 97.8 Å². The van der Waals surface area contributed by atoms with Crippen molar-refractivity contribution in [1.29, 1.82) is 0 Å². The number of aromatic carboxylic acids is 1. The molecule has 0 radical (unpaired) electrons. The van der Waals surface area contributed by atoms with E-state index >= 15 is 0 Å². The number of fused-ring (bicyclic) bond motifs is 1. The van der Waals surface area contributed by atoms with Gasteiger partial charge in [0.15, 0.2) is 5.75 Å². The Labute approximate surface area is 169 Å². The van der Waals surface area contributed by atoms with E-state index in [0.29, 0.717) is 29.1 Å². The molecule has 1 aromatic heterocycles. The second-order valence-corrected chi connectivity index (χ2v) is 7.51. The molecule has 2 aromatic rings. The third-order valence-electron chi connectivity index (χ3n) is 5.70. The number of rotatable bonds is 6. The maximum absolute atomic E-state index is 12.7. The molecule has 0 amide bonds. The minimum Gasteiger partial charge on any atom is -0.492 e. The van der Waals surface area contributed by atoms with E-state index in [9.17, 15) is 14.7 Å². The van der Waals surface area contributed by atoms with Crippen LogP contribution in [0, 0.1) is 5.92 Å². The van der Waals surface area contributed by atoms with Crippen LogP contribution >= 0.6 is 12.4 Å². The first-order chi connectivity index (χ1) is 13.0. The zero-order valence-corrected chi connectivity index (χ0v) is 16.7. The van der Waals surface area contributed by atoms with Crippen LogP contribution in [0.2, 0.25) is 0 Å². The fraction of sp³-hybridized carbons (Fsp3) is 0.500. The van der Waals surface area contributed by atoms with Gasteiger partial charge in [-0.3, -0.25) is 4.79 Å². The summed E-state index contributed by atoms with van der Waals surface area (Å²) in [4.78, 5) is 26.5. The number of aromatic nitrogens is 1. The quantitative estimate of drug-likeness (QED) is 0.763. The fourth-order valence-corrected chi connectivity index (χ4v) is 4.17. The van der Waals surface area contributed by atoms with Crippen molar-refractivity contribution in [2.45, 2.75) is 31.7 Å². The summed E-state index contributed by atoms with van der Waals surface area (Å²) in [5, 5.41) is 9.82. The lowest BCUT2D eigenvalue weighted by atomic mass is 10.1. The average molecular weight is 408 g/mol. The Morgan fingerprint density at radius 3 is 2.68 bits per heavy atom. The highest BCUT2D eigenvalue weighted by atomic mass is 35.5. The van der Waals surface area contributed by atoms with E-state index < -0.39 is 11.4 Å². The van der Waals surface area contributed by atoms with Crippen LogP contribution in [0.15, 0.2) is 23.1 Å². The summed E-state index contributed by atoms with van der Waals surface area (Å²) in [6, 6.07) is 3.85. The van der Waals surface area contributed by atoms with Crippen molar-refractivity contribution in [2.24, 2.45) is 11.7 Å². The Balaban J connectivity index is 0.00000225. The molecule has 28 heavy (non-hydrogen) atoms. The largest absolute Gasteiger partial charge is 0.492 e. The molecule has 0 spiro atoms. The monoisotopic (exact) mass is 407 g/mol. The zero-order valence-electron chi connectivity index (χ0n) is 15.9. The predicted octanol–water partition coefficient (Wildman–Crippen LogP) is 2.64. The van der Waals surface area contributed by atoms with Gasteiger partial charge >= 0.3 is 5.97 Å². The fourth-order valence-electron chi connectivity index (χ4n) is 4.17. The van der Waals surface area contributed by atoms with E-state index in [1.807, 2.05) is 10.6 Å². The van der Waals surface area contributed by atoms with Crippen LogP contribution in [-0.4, -0.2) is 42.4 Å². The molecule has 2 aliphatic rings. The summed E-state index contributed by atoms with van der Waals surface area (Å²) in [7, 11) is 1.61. The molecule has 1 unspecified atom stereocenters. The number of nitrogens with two attached hydrogens (primary N) is 1. The third-order valence-corrected chi connectivity index (χ3v) is 5.70. The SMILES string of the molecule is COc1c(N2CCC(CCN)C2)ccc2c(=O)c(C(=O)O)cn(C3CC3)c12.Cl. The number of methoxy groups -OCH3 is 1. The molecule has 1 atom stereocenters. The third kappa shape index (κ3) is 3.44. The molecule has 2 heterocycles. The average Bonchev–Trinajstić information content (AvgIpc) is 3.39. The summed E-state index contributed by atoms with van der Waals surface area (Å²) in [6.45, 7) is 2.53. The van der Waals surface area contributed by atoms with E-state index in [1.165, 1.54) is 6.20 Å². The van der Waals surface area contributed by atoms with Gasteiger partial charge in [0.25, 0.3) is 0 Å². The van der Waals surface area contributed by atoms with Crippen molar-refractivity contribution in [3.05, 3.63) is 34.1 Å². The number of hydrogen-bond acceptors (Lipinski definition) is 5. The molecule has 2 fully saturated rings. The first-order valence-corrected chi connectivity index (χ1v) is 9.49.